The summed E-state index contributed by atoms with van der Waals surface area (Å²) >= 11 is 3.32. The fourth-order valence-corrected chi connectivity index (χ4v) is 2.62. The molecule has 0 N–H and O–H groups in total. The average molecular weight is 425 g/mol. The van der Waals surface area contributed by atoms with Crippen LogP contribution in [0.4, 0.5) is 4.39 Å². The van der Waals surface area contributed by atoms with Gasteiger partial charge < -0.3 is 4.74 Å². The fourth-order valence-electron chi connectivity index (χ4n) is 2.35. The van der Waals surface area contributed by atoms with E-state index < -0.39 is 11.8 Å². The molecule has 0 spiro atoms. The van der Waals surface area contributed by atoms with E-state index >= 15 is 0 Å². The van der Waals surface area contributed by atoms with Crippen molar-refractivity contribution >= 4 is 33.8 Å². The predicted molar refractivity (Wildman–Crippen MR) is 105 cm³/mol. The highest BCUT2D eigenvalue weighted by atomic mass is 79.9. The van der Waals surface area contributed by atoms with Crippen molar-refractivity contribution in [1.29, 1.82) is 0 Å². The van der Waals surface area contributed by atoms with E-state index in [1.165, 1.54) is 24.3 Å². The number of carbonyl (C=O) groups is 2. The van der Waals surface area contributed by atoms with Crippen LogP contribution in [0.5, 0.6) is 5.75 Å². The molecule has 3 rings (SSSR count). The molecule has 0 saturated heterocycles. The second-order valence-electron chi connectivity index (χ2n) is 5.65. The van der Waals surface area contributed by atoms with Gasteiger partial charge in [-0.2, -0.15) is 0 Å². The van der Waals surface area contributed by atoms with E-state index in [1.807, 2.05) is 0 Å². The molecule has 0 radical (unpaired) electrons. The van der Waals surface area contributed by atoms with Crippen molar-refractivity contribution < 1.29 is 18.7 Å². The van der Waals surface area contributed by atoms with Crippen LogP contribution in [0.1, 0.15) is 26.3 Å². The largest absolute Gasteiger partial charge is 0.423 e. The summed E-state index contributed by atoms with van der Waals surface area (Å²) in [7, 11) is 0. The predicted octanol–water partition coefficient (Wildman–Crippen LogP) is 5.70. The van der Waals surface area contributed by atoms with E-state index in [0.29, 0.717) is 11.1 Å². The first-order valence-corrected chi connectivity index (χ1v) is 8.87. The molecule has 0 amide bonds. The van der Waals surface area contributed by atoms with Crippen molar-refractivity contribution in [3.05, 3.63) is 106 Å². The monoisotopic (exact) mass is 424 g/mol. The maximum Gasteiger partial charge on any atom is 0.346 e. The number of esters is 1. The number of hydrogen-bond acceptors (Lipinski definition) is 3. The van der Waals surface area contributed by atoms with Crippen molar-refractivity contribution in [2.75, 3.05) is 0 Å². The molecule has 0 unspecified atom stereocenters. The zero-order valence-corrected chi connectivity index (χ0v) is 15.6. The van der Waals surface area contributed by atoms with Crippen LogP contribution >= 0.6 is 15.9 Å². The van der Waals surface area contributed by atoms with Gasteiger partial charge in [-0.1, -0.05) is 46.3 Å². The van der Waals surface area contributed by atoms with E-state index in [4.69, 9.17) is 4.74 Å². The Morgan fingerprint density at radius 3 is 2.41 bits per heavy atom. The van der Waals surface area contributed by atoms with Crippen LogP contribution < -0.4 is 4.74 Å². The van der Waals surface area contributed by atoms with Gasteiger partial charge in [0.1, 0.15) is 11.6 Å². The van der Waals surface area contributed by atoms with Crippen LogP contribution in [0.3, 0.4) is 0 Å². The maximum atomic E-state index is 13.7. The van der Waals surface area contributed by atoms with Crippen LogP contribution in [-0.4, -0.2) is 11.8 Å². The zero-order chi connectivity index (χ0) is 19.2. The topological polar surface area (TPSA) is 43.4 Å². The van der Waals surface area contributed by atoms with Gasteiger partial charge in [-0.25, -0.2) is 9.18 Å². The van der Waals surface area contributed by atoms with Gasteiger partial charge in [-0.05, 0) is 60.2 Å². The molecule has 0 aliphatic heterocycles. The minimum Gasteiger partial charge on any atom is -0.423 e. The van der Waals surface area contributed by atoms with E-state index in [9.17, 15) is 14.0 Å². The summed E-state index contributed by atoms with van der Waals surface area (Å²) in [4.78, 5) is 24.3. The van der Waals surface area contributed by atoms with Crippen LogP contribution in [-0.2, 0) is 0 Å². The lowest BCUT2D eigenvalue weighted by atomic mass is 10.1. The number of allylic oxidation sites excluding steroid dienone is 1. The Morgan fingerprint density at radius 2 is 1.67 bits per heavy atom. The molecule has 0 aliphatic rings. The molecule has 0 bridgehead atoms. The second kappa shape index (κ2) is 8.56. The van der Waals surface area contributed by atoms with Gasteiger partial charge in [0.2, 0.25) is 0 Å². The van der Waals surface area contributed by atoms with Gasteiger partial charge in [-0.3, -0.25) is 4.79 Å². The van der Waals surface area contributed by atoms with Crippen molar-refractivity contribution in [2.45, 2.75) is 0 Å². The standard InChI is InChI=1S/C22H14BrFO3/c23-17-11-9-16(10-12-17)21(25)13-8-15-4-3-5-18(14-15)27-22(26)19-6-1-2-7-20(19)24/h1-14H. The van der Waals surface area contributed by atoms with Crippen molar-refractivity contribution in [2.24, 2.45) is 0 Å². The molecule has 0 saturated carbocycles. The Labute approximate surface area is 164 Å². The van der Waals surface area contributed by atoms with Crippen LogP contribution in [0.25, 0.3) is 6.08 Å². The third-order valence-corrected chi connectivity index (χ3v) is 4.25. The summed E-state index contributed by atoms with van der Waals surface area (Å²) < 4.78 is 19.8. The first kappa shape index (κ1) is 18.7. The Balaban J connectivity index is 1.72. The molecule has 0 aromatic heterocycles. The quantitative estimate of drug-likeness (QED) is 0.228. The molecule has 0 fully saturated rings. The van der Waals surface area contributed by atoms with Crippen molar-refractivity contribution in [3.8, 4) is 5.75 Å². The van der Waals surface area contributed by atoms with Gasteiger partial charge in [0.15, 0.2) is 5.78 Å². The lowest BCUT2D eigenvalue weighted by molar-refractivity contribution is 0.0729. The third-order valence-electron chi connectivity index (χ3n) is 3.72. The number of carbonyl (C=O) groups excluding carboxylic acids is 2. The van der Waals surface area contributed by atoms with Crippen LogP contribution in [0, 0.1) is 5.82 Å². The Kier molecular flexibility index (Phi) is 5.94. The molecule has 134 valence electrons. The van der Waals surface area contributed by atoms with E-state index in [0.717, 1.165) is 4.47 Å². The van der Waals surface area contributed by atoms with Crippen molar-refractivity contribution in [1.82, 2.24) is 0 Å². The average Bonchev–Trinajstić information content (AvgIpc) is 2.67. The minimum absolute atomic E-state index is 0.135. The first-order chi connectivity index (χ1) is 13.0. The molecular formula is C22H14BrFO3. The number of hydrogen-bond donors (Lipinski definition) is 0. The molecule has 3 aromatic carbocycles. The summed E-state index contributed by atoms with van der Waals surface area (Å²) in [6.45, 7) is 0. The number of rotatable bonds is 5. The maximum absolute atomic E-state index is 13.7. The van der Waals surface area contributed by atoms with Gasteiger partial charge >= 0.3 is 5.97 Å². The third kappa shape index (κ3) is 4.99. The molecule has 27 heavy (non-hydrogen) atoms. The molecule has 0 atom stereocenters. The highest BCUT2D eigenvalue weighted by Gasteiger charge is 2.13. The Morgan fingerprint density at radius 1 is 0.926 bits per heavy atom. The van der Waals surface area contributed by atoms with Crippen LogP contribution in [0.2, 0.25) is 0 Å². The molecule has 0 heterocycles. The van der Waals surface area contributed by atoms with E-state index in [-0.39, 0.29) is 17.1 Å². The van der Waals surface area contributed by atoms with E-state index in [2.05, 4.69) is 15.9 Å². The SMILES string of the molecule is O=C(C=Cc1cccc(OC(=O)c2ccccc2F)c1)c1ccc(Br)cc1. The summed E-state index contributed by atoms with van der Waals surface area (Å²) in [5, 5.41) is 0. The van der Waals surface area contributed by atoms with Gasteiger partial charge in [0.05, 0.1) is 5.56 Å². The van der Waals surface area contributed by atoms with E-state index in [1.54, 1.807) is 60.7 Å². The molecule has 3 nitrogen and oxygen atoms in total. The lowest BCUT2D eigenvalue weighted by Crippen LogP contribution is -2.10. The van der Waals surface area contributed by atoms with Gasteiger partial charge in [-0.15, -0.1) is 0 Å². The van der Waals surface area contributed by atoms with Gasteiger partial charge in [0.25, 0.3) is 0 Å². The molecule has 5 heteroatoms. The number of halogens is 2. The first-order valence-electron chi connectivity index (χ1n) is 8.08. The second-order valence-corrected chi connectivity index (χ2v) is 6.56. The normalized spacial score (nSPS) is 10.7. The zero-order valence-electron chi connectivity index (χ0n) is 14.1. The highest BCUT2D eigenvalue weighted by Crippen LogP contribution is 2.18. The summed E-state index contributed by atoms with van der Waals surface area (Å²) in [5.74, 6) is -1.29. The Hall–Kier alpha value is -3.05. The molecular weight excluding hydrogens is 411 g/mol. The smallest absolute Gasteiger partial charge is 0.346 e. The number of benzene rings is 3. The van der Waals surface area contributed by atoms with Crippen LogP contribution in [0.15, 0.2) is 83.3 Å². The summed E-state index contributed by atoms with van der Waals surface area (Å²) in [5.41, 5.74) is 1.11. The Bertz CT molecular complexity index is 1010. The molecule has 3 aromatic rings. The van der Waals surface area contributed by atoms with Crippen molar-refractivity contribution in [3.63, 3.8) is 0 Å². The number of ketones is 1. The number of ether oxygens (including phenoxy) is 1. The summed E-state index contributed by atoms with van der Waals surface area (Å²) in [6, 6.07) is 19.3. The van der Waals surface area contributed by atoms with Gasteiger partial charge in [0, 0.05) is 10.0 Å². The lowest BCUT2D eigenvalue weighted by Gasteiger charge is -2.06. The summed E-state index contributed by atoms with van der Waals surface area (Å²) in [6.07, 6.45) is 3.08. The molecule has 0 aliphatic carbocycles. The minimum atomic E-state index is -0.778. The highest BCUT2D eigenvalue weighted by molar-refractivity contribution is 9.10. The fraction of sp³-hybridized carbons (Fsp3) is 0.